The summed E-state index contributed by atoms with van der Waals surface area (Å²) in [7, 11) is 0. The van der Waals surface area contributed by atoms with Gasteiger partial charge in [0.1, 0.15) is 0 Å². The van der Waals surface area contributed by atoms with E-state index in [2.05, 4.69) is 43.6 Å². The van der Waals surface area contributed by atoms with Gasteiger partial charge in [0.25, 0.3) is 0 Å². The summed E-state index contributed by atoms with van der Waals surface area (Å²) < 4.78 is 6.04. The molecule has 0 aromatic carbocycles. The maximum atomic E-state index is 6.04. The van der Waals surface area contributed by atoms with Crippen molar-refractivity contribution in [2.75, 3.05) is 5.33 Å². The number of hydrogen-bond acceptors (Lipinski definition) is 1. The summed E-state index contributed by atoms with van der Waals surface area (Å²) in [5.41, 5.74) is 0.124. The molecule has 0 aromatic rings. The molecule has 15 heavy (non-hydrogen) atoms. The van der Waals surface area contributed by atoms with Gasteiger partial charge in [0, 0.05) is 5.33 Å². The second-order valence-corrected chi connectivity index (χ2v) is 6.57. The van der Waals surface area contributed by atoms with Crippen LogP contribution in [0.3, 0.4) is 0 Å². The standard InChI is InChI=1S/C13H25BrO/c1-10(2)7-11(9-14)8-12-5-6-13(3,4)15-12/h10-12H,5-9H2,1-4H3. The van der Waals surface area contributed by atoms with Crippen molar-refractivity contribution in [1.29, 1.82) is 0 Å². The van der Waals surface area contributed by atoms with Crippen molar-refractivity contribution in [2.24, 2.45) is 11.8 Å². The Morgan fingerprint density at radius 1 is 1.40 bits per heavy atom. The highest BCUT2D eigenvalue weighted by atomic mass is 79.9. The third-order valence-electron chi connectivity index (χ3n) is 3.17. The number of ether oxygens (including phenoxy) is 1. The van der Waals surface area contributed by atoms with Gasteiger partial charge in [-0.3, -0.25) is 0 Å². The molecule has 1 heterocycles. The predicted octanol–water partition coefficient (Wildman–Crippen LogP) is 4.39. The Balaban J connectivity index is 2.33. The van der Waals surface area contributed by atoms with Crippen molar-refractivity contribution in [3.8, 4) is 0 Å². The maximum Gasteiger partial charge on any atom is 0.0631 e. The van der Waals surface area contributed by atoms with Crippen LogP contribution in [0.5, 0.6) is 0 Å². The van der Waals surface area contributed by atoms with Gasteiger partial charge in [0.05, 0.1) is 11.7 Å². The van der Waals surface area contributed by atoms with Gasteiger partial charge in [-0.25, -0.2) is 0 Å². The molecular weight excluding hydrogens is 252 g/mol. The molecule has 0 N–H and O–H groups in total. The minimum atomic E-state index is 0.124. The summed E-state index contributed by atoms with van der Waals surface area (Å²) in [6, 6.07) is 0. The van der Waals surface area contributed by atoms with Crippen molar-refractivity contribution < 1.29 is 4.74 Å². The smallest absolute Gasteiger partial charge is 0.0631 e. The fourth-order valence-corrected chi connectivity index (χ4v) is 3.03. The quantitative estimate of drug-likeness (QED) is 0.677. The van der Waals surface area contributed by atoms with Gasteiger partial charge in [-0.2, -0.15) is 0 Å². The zero-order valence-corrected chi connectivity index (χ0v) is 12.1. The maximum absolute atomic E-state index is 6.04. The van der Waals surface area contributed by atoms with Gasteiger partial charge in [0.2, 0.25) is 0 Å². The monoisotopic (exact) mass is 276 g/mol. The van der Waals surface area contributed by atoms with Crippen LogP contribution in [0.25, 0.3) is 0 Å². The van der Waals surface area contributed by atoms with Gasteiger partial charge >= 0.3 is 0 Å². The molecule has 0 aliphatic carbocycles. The average molecular weight is 277 g/mol. The highest BCUT2D eigenvalue weighted by Gasteiger charge is 2.32. The Kier molecular flexibility index (Phi) is 5.11. The molecule has 2 heteroatoms. The first kappa shape index (κ1) is 13.5. The van der Waals surface area contributed by atoms with E-state index >= 15 is 0 Å². The molecule has 1 aliphatic heterocycles. The normalized spacial score (nSPS) is 27.2. The molecule has 1 nitrogen and oxygen atoms in total. The lowest BCUT2D eigenvalue weighted by atomic mass is 9.92. The SMILES string of the molecule is CC(C)CC(CBr)CC1CCC(C)(C)O1. The van der Waals surface area contributed by atoms with Crippen LogP contribution in [0.1, 0.15) is 53.4 Å². The van der Waals surface area contributed by atoms with E-state index in [1.807, 2.05) is 0 Å². The van der Waals surface area contributed by atoms with Crippen LogP contribution < -0.4 is 0 Å². The van der Waals surface area contributed by atoms with Crippen LogP contribution in [0.4, 0.5) is 0 Å². The third-order valence-corrected chi connectivity index (χ3v) is 4.09. The van der Waals surface area contributed by atoms with Crippen LogP contribution in [0, 0.1) is 11.8 Å². The molecule has 0 saturated carbocycles. The Morgan fingerprint density at radius 3 is 2.47 bits per heavy atom. The van der Waals surface area contributed by atoms with E-state index in [-0.39, 0.29) is 5.60 Å². The van der Waals surface area contributed by atoms with Gasteiger partial charge < -0.3 is 4.74 Å². The molecule has 1 rings (SSSR count). The second kappa shape index (κ2) is 5.67. The minimum Gasteiger partial charge on any atom is -0.372 e. The first-order chi connectivity index (χ1) is 6.93. The fourth-order valence-electron chi connectivity index (χ4n) is 2.50. The summed E-state index contributed by atoms with van der Waals surface area (Å²) in [6.45, 7) is 9.02. The largest absolute Gasteiger partial charge is 0.372 e. The Bertz CT molecular complexity index is 189. The van der Waals surface area contributed by atoms with Crippen LogP contribution in [0.2, 0.25) is 0 Å². The predicted molar refractivity (Wildman–Crippen MR) is 69.5 cm³/mol. The first-order valence-electron chi connectivity index (χ1n) is 6.16. The highest BCUT2D eigenvalue weighted by molar-refractivity contribution is 9.09. The Morgan fingerprint density at radius 2 is 2.07 bits per heavy atom. The lowest BCUT2D eigenvalue weighted by Gasteiger charge is -2.23. The average Bonchev–Trinajstić information content (AvgIpc) is 2.43. The van der Waals surface area contributed by atoms with Crippen molar-refractivity contribution in [2.45, 2.75) is 65.1 Å². The van der Waals surface area contributed by atoms with Gasteiger partial charge in [0.15, 0.2) is 0 Å². The van der Waals surface area contributed by atoms with Crippen LogP contribution in [-0.4, -0.2) is 17.0 Å². The van der Waals surface area contributed by atoms with E-state index in [9.17, 15) is 0 Å². The van der Waals surface area contributed by atoms with Crippen LogP contribution >= 0.6 is 15.9 Å². The van der Waals surface area contributed by atoms with Crippen LogP contribution in [-0.2, 0) is 4.74 Å². The second-order valence-electron chi connectivity index (χ2n) is 5.92. The van der Waals surface area contributed by atoms with Crippen molar-refractivity contribution >= 4 is 15.9 Å². The van der Waals surface area contributed by atoms with E-state index in [4.69, 9.17) is 4.74 Å². The summed E-state index contributed by atoms with van der Waals surface area (Å²) >= 11 is 3.62. The summed E-state index contributed by atoms with van der Waals surface area (Å²) in [5.74, 6) is 1.57. The third kappa shape index (κ3) is 4.86. The van der Waals surface area contributed by atoms with Crippen molar-refractivity contribution in [1.82, 2.24) is 0 Å². The molecule has 1 saturated heterocycles. The van der Waals surface area contributed by atoms with Crippen molar-refractivity contribution in [3.63, 3.8) is 0 Å². The van der Waals surface area contributed by atoms with E-state index < -0.39 is 0 Å². The zero-order chi connectivity index (χ0) is 11.5. The molecular formula is C13H25BrO. The molecule has 1 fully saturated rings. The number of alkyl halides is 1. The van der Waals surface area contributed by atoms with Gasteiger partial charge in [-0.15, -0.1) is 0 Å². The molecule has 0 radical (unpaired) electrons. The lowest BCUT2D eigenvalue weighted by molar-refractivity contribution is -0.0242. The lowest BCUT2D eigenvalue weighted by Crippen LogP contribution is -2.22. The first-order valence-corrected chi connectivity index (χ1v) is 7.29. The summed E-state index contributed by atoms with van der Waals surface area (Å²) in [6.07, 6.45) is 5.50. The number of hydrogen-bond donors (Lipinski definition) is 0. The molecule has 0 aromatic heterocycles. The molecule has 1 aliphatic rings. The number of halogens is 1. The Hall–Kier alpha value is 0.440. The van der Waals surface area contributed by atoms with Crippen molar-refractivity contribution in [3.05, 3.63) is 0 Å². The van der Waals surface area contributed by atoms with Crippen LogP contribution in [0.15, 0.2) is 0 Å². The molecule has 90 valence electrons. The fraction of sp³-hybridized carbons (Fsp3) is 1.00. The molecule has 2 unspecified atom stereocenters. The van der Waals surface area contributed by atoms with Gasteiger partial charge in [-0.1, -0.05) is 29.8 Å². The van der Waals surface area contributed by atoms with Gasteiger partial charge in [-0.05, 0) is 51.4 Å². The molecule has 2 atom stereocenters. The van der Waals surface area contributed by atoms with E-state index in [1.54, 1.807) is 0 Å². The van der Waals surface area contributed by atoms with E-state index in [0.717, 1.165) is 17.2 Å². The highest BCUT2D eigenvalue weighted by Crippen LogP contribution is 2.34. The molecule has 0 amide bonds. The Labute approximate surface area is 103 Å². The topological polar surface area (TPSA) is 9.23 Å². The summed E-state index contributed by atoms with van der Waals surface area (Å²) in [5, 5.41) is 1.12. The molecule has 0 bridgehead atoms. The minimum absolute atomic E-state index is 0.124. The summed E-state index contributed by atoms with van der Waals surface area (Å²) in [4.78, 5) is 0. The number of rotatable bonds is 5. The van der Waals surface area contributed by atoms with E-state index in [1.165, 1.54) is 25.7 Å². The van der Waals surface area contributed by atoms with E-state index in [0.29, 0.717) is 6.10 Å². The molecule has 0 spiro atoms. The zero-order valence-electron chi connectivity index (χ0n) is 10.6.